The number of hydrogen-bond acceptors (Lipinski definition) is 1. The summed E-state index contributed by atoms with van der Waals surface area (Å²) in [6.07, 6.45) is 2.38. The molecule has 0 atom stereocenters. The lowest BCUT2D eigenvalue weighted by Gasteiger charge is -2.00. The highest BCUT2D eigenvalue weighted by atomic mass is 35.5. The van der Waals surface area contributed by atoms with Crippen LogP contribution in [0.3, 0.4) is 0 Å². The summed E-state index contributed by atoms with van der Waals surface area (Å²) < 4.78 is 26.0. The molecular weight excluding hydrogens is 198 g/mol. The molecule has 0 aliphatic carbocycles. The van der Waals surface area contributed by atoms with Gasteiger partial charge in [0.15, 0.2) is 5.82 Å². The van der Waals surface area contributed by atoms with Crippen molar-refractivity contribution in [1.29, 1.82) is 0 Å². The van der Waals surface area contributed by atoms with Crippen molar-refractivity contribution < 1.29 is 13.9 Å². The third kappa shape index (κ3) is 2.26. The molecule has 0 bridgehead atoms. The van der Waals surface area contributed by atoms with Crippen LogP contribution in [-0.4, -0.2) is 11.7 Å². The van der Waals surface area contributed by atoms with Crippen LogP contribution < -0.4 is 0 Å². The van der Waals surface area contributed by atoms with Crippen molar-refractivity contribution in [2.24, 2.45) is 0 Å². The van der Waals surface area contributed by atoms with Crippen molar-refractivity contribution in [3.63, 3.8) is 0 Å². The topological polar surface area (TPSA) is 20.2 Å². The van der Waals surface area contributed by atoms with Gasteiger partial charge in [0.2, 0.25) is 0 Å². The largest absolute Gasteiger partial charge is 0.392 e. The van der Waals surface area contributed by atoms with Gasteiger partial charge in [0.25, 0.3) is 0 Å². The number of rotatable bonds is 2. The SMILES string of the molecule is OC/C=C/c1c(F)ccc(Cl)c1F. The summed E-state index contributed by atoms with van der Waals surface area (Å²) in [6, 6.07) is 2.21. The maximum atomic E-state index is 13.1. The van der Waals surface area contributed by atoms with E-state index in [0.717, 1.165) is 18.2 Å². The van der Waals surface area contributed by atoms with Gasteiger partial charge in [-0.15, -0.1) is 0 Å². The average molecular weight is 205 g/mol. The summed E-state index contributed by atoms with van der Waals surface area (Å²) in [6.45, 7) is -0.272. The first-order chi connectivity index (χ1) is 6.16. The molecule has 0 saturated heterocycles. The van der Waals surface area contributed by atoms with E-state index in [9.17, 15) is 8.78 Å². The van der Waals surface area contributed by atoms with Gasteiger partial charge in [0.05, 0.1) is 11.6 Å². The molecule has 13 heavy (non-hydrogen) atoms. The first-order valence-electron chi connectivity index (χ1n) is 3.57. The van der Waals surface area contributed by atoms with E-state index in [1.165, 1.54) is 6.08 Å². The molecule has 0 radical (unpaired) electrons. The molecule has 0 aliphatic rings. The van der Waals surface area contributed by atoms with Crippen LogP contribution in [0, 0.1) is 11.6 Å². The van der Waals surface area contributed by atoms with E-state index in [2.05, 4.69) is 0 Å². The van der Waals surface area contributed by atoms with Crippen LogP contribution in [0.2, 0.25) is 5.02 Å². The predicted octanol–water partition coefficient (Wildman–Crippen LogP) is 2.62. The second kappa shape index (κ2) is 4.35. The molecule has 0 unspecified atom stereocenters. The number of benzene rings is 1. The highest BCUT2D eigenvalue weighted by Crippen LogP contribution is 2.21. The van der Waals surface area contributed by atoms with Gasteiger partial charge in [-0.25, -0.2) is 8.78 Å². The first kappa shape index (κ1) is 10.2. The summed E-state index contributed by atoms with van der Waals surface area (Å²) in [4.78, 5) is 0. The fourth-order valence-corrected chi connectivity index (χ4v) is 1.03. The van der Waals surface area contributed by atoms with E-state index in [-0.39, 0.29) is 17.2 Å². The minimum Gasteiger partial charge on any atom is -0.392 e. The Morgan fingerprint density at radius 1 is 1.38 bits per heavy atom. The van der Waals surface area contributed by atoms with E-state index in [1.807, 2.05) is 0 Å². The van der Waals surface area contributed by atoms with Gasteiger partial charge in [0, 0.05) is 5.56 Å². The van der Waals surface area contributed by atoms with Gasteiger partial charge in [-0.1, -0.05) is 23.8 Å². The summed E-state index contributed by atoms with van der Waals surface area (Å²) in [5.74, 6) is -1.52. The Labute approximate surface area is 79.3 Å². The predicted molar refractivity (Wildman–Crippen MR) is 47.5 cm³/mol. The molecule has 1 rings (SSSR count). The zero-order chi connectivity index (χ0) is 9.84. The molecule has 0 heterocycles. The standard InChI is InChI=1S/C9H7ClF2O/c10-7-3-4-8(11)6(9(7)12)2-1-5-13/h1-4,13H,5H2/b2-1+. The normalized spacial score (nSPS) is 11.1. The number of aliphatic hydroxyl groups is 1. The van der Waals surface area contributed by atoms with Crippen molar-refractivity contribution in [2.75, 3.05) is 6.61 Å². The molecule has 4 heteroatoms. The lowest BCUT2D eigenvalue weighted by atomic mass is 10.2. The maximum Gasteiger partial charge on any atom is 0.151 e. The fourth-order valence-electron chi connectivity index (χ4n) is 0.866. The lowest BCUT2D eigenvalue weighted by molar-refractivity contribution is 0.343. The minimum atomic E-state index is -0.814. The Bertz CT molecular complexity index is 337. The van der Waals surface area contributed by atoms with Crippen LogP contribution >= 0.6 is 11.6 Å². The van der Waals surface area contributed by atoms with Crippen molar-refractivity contribution in [3.05, 3.63) is 40.4 Å². The van der Waals surface area contributed by atoms with Crippen molar-refractivity contribution in [1.82, 2.24) is 0 Å². The van der Waals surface area contributed by atoms with E-state index >= 15 is 0 Å². The third-order valence-electron chi connectivity index (χ3n) is 1.47. The van der Waals surface area contributed by atoms with Crippen LogP contribution in [0.4, 0.5) is 8.78 Å². The van der Waals surface area contributed by atoms with Gasteiger partial charge in [-0.05, 0) is 12.1 Å². The summed E-state index contributed by atoms with van der Waals surface area (Å²) in [5, 5.41) is 8.27. The molecule has 0 aromatic heterocycles. The molecule has 0 fully saturated rings. The molecule has 0 spiro atoms. The van der Waals surface area contributed by atoms with Gasteiger partial charge in [-0.2, -0.15) is 0 Å². The zero-order valence-electron chi connectivity index (χ0n) is 6.60. The van der Waals surface area contributed by atoms with Crippen molar-refractivity contribution in [3.8, 4) is 0 Å². The first-order valence-corrected chi connectivity index (χ1v) is 3.95. The molecule has 0 amide bonds. The molecule has 1 nitrogen and oxygen atoms in total. The van der Waals surface area contributed by atoms with Crippen LogP contribution in [0.1, 0.15) is 5.56 Å². The molecule has 0 saturated carbocycles. The zero-order valence-corrected chi connectivity index (χ0v) is 7.35. The second-order valence-electron chi connectivity index (χ2n) is 2.34. The number of hydrogen-bond donors (Lipinski definition) is 1. The fraction of sp³-hybridized carbons (Fsp3) is 0.111. The van der Waals surface area contributed by atoms with Gasteiger partial charge >= 0.3 is 0 Å². The van der Waals surface area contributed by atoms with Gasteiger partial charge in [-0.3, -0.25) is 0 Å². The molecular formula is C9H7ClF2O. The summed E-state index contributed by atoms with van der Waals surface area (Å²) >= 11 is 5.43. The minimum absolute atomic E-state index is 0.140. The average Bonchev–Trinajstić information content (AvgIpc) is 2.12. The smallest absolute Gasteiger partial charge is 0.151 e. The van der Waals surface area contributed by atoms with E-state index in [1.54, 1.807) is 0 Å². The highest BCUT2D eigenvalue weighted by Gasteiger charge is 2.08. The van der Waals surface area contributed by atoms with Crippen molar-refractivity contribution >= 4 is 17.7 Å². The Morgan fingerprint density at radius 3 is 2.69 bits per heavy atom. The third-order valence-corrected chi connectivity index (χ3v) is 1.76. The maximum absolute atomic E-state index is 13.1. The number of aliphatic hydroxyl groups excluding tert-OH is 1. The molecule has 1 aromatic rings. The molecule has 1 N–H and O–H groups in total. The Hall–Kier alpha value is -0.930. The van der Waals surface area contributed by atoms with E-state index in [0.29, 0.717) is 0 Å². The monoisotopic (exact) mass is 204 g/mol. The molecule has 0 aliphatic heterocycles. The summed E-state index contributed by atoms with van der Waals surface area (Å²) in [5.41, 5.74) is -0.235. The molecule has 1 aromatic carbocycles. The van der Waals surface area contributed by atoms with E-state index < -0.39 is 11.6 Å². The Morgan fingerprint density at radius 2 is 2.08 bits per heavy atom. The number of halogens is 3. The lowest BCUT2D eigenvalue weighted by Crippen LogP contribution is -1.89. The Kier molecular flexibility index (Phi) is 3.39. The van der Waals surface area contributed by atoms with Crippen LogP contribution in [0.25, 0.3) is 6.08 Å². The van der Waals surface area contributed by atoms with Gasteiger partial charge < -0.3 is 5.11 Å². The Balaban J connectivity index is 3.17. The quantitative estimate of drug-likeness (QED) is 0.735. The summed E-state index contributed by atoms with van der Waals surface area (Å²) in [7, 11) is 0. The van der Waals surface area contributed by atoms with Crippen LogP contribution in [0.15, 0.2) is 18.2 Å². The second-order valence-corrected chi connectivity index (χ2v) is 2.75. The van der Waals surface area contributed by atoms with Crippen molar-refractivity contribution in [2.45, 2.75) is 0 Å². The van der Waals surface area contributed by atoms with Crippen LogP contribution in [0.5, 0.6) is 0 Å². The highest BCUT2D eigenvalue weighted by molar-refractivity contribution is 6.30. The van der Waals surface area contributed by atoms with Gasteiger partial charge in [0.1, 0.15) is 5.82 Å². The van der Waals surface area contributed by atoms with E-state index in [4.69, 9.17) is 16.7 Å². The molecule has 70 valence electrons. The van der Waals surface area contributed by atoms with Crippen LogP contribution in [-0.2, 0) is 0 Å².